The van der Waals surface area contributed by atoms with Gasteiger partial charge in [0.25, 0.3) is 0 Å². The van der Waals surface area contributed by atoms with E-state index in [0.29, 0.717) is 11.5 Å². The first-order chi connectivity index (χ1) is 11.1. The monoisotopic (exact) mass is 320 g/mol. The summed E-state index contributed by atoms with van der Waals surface area (Å²) in [7, 11) is 0. The average molecular weight is 320 g/mol. The normalized spacial score (nSPS) is 11.3. The van der Waals surface area contributed by atoms with Crippen LogP contribution in [0.25, 0.3) is 0 Å². The zero-order valence-electron chi connectivity index (χ0n) is 13.5. The molecule has 0 aromatic heterocycles. The molecule has 2 aromatic carbocycles. The third kappa shape index (κ3) is 4.44. The first-order valence-corrected chi connectivity index (χ1v) is 7.66. The van der Waals surface area contributed by atoms with Crippen molar-refractivity contribution in [3.8, 4) is 11.5 Å². The lowest BCUT2D eigenvalue weighted by Crippen LogP contribution is -2.18. The molecule has 0 bridgehead atoms. The number of benzene rings is 2. The smallest absolute Gasteiger partial charge is 0.123 e. The van der Waals surface area contributed by atoms with Crippen LogP contribution in [-0.2, 0) is 5.41 Å². The summed E-state index contributed by atoms with van der Waals surface area (Å²) in [6.07, 6.45) is 0. The third-order valence-electron chi connectivity index (χ3n) is 3.84. The molecule has 0 aliphatic carbocycles. The fraction of sp³-hybridized carbons (Fsp3) is 0.368. The Bertz CT molecular complexity index is 538. The lowest BCUT2D eigenvalue weighted by atomic mass is 9.78. The molecule has 0 atom stereocenters. The molecule has 0 radical (unpaired) electrons. The van der Waals surface area contributed by atoms with Crippen molar-refractivity contribution in [2.75, 3.05) is 26.6 Å². The Kier molecular flexibility index (Phi) is 5.97. The topological polar surface area (TPSA) is 18.5 Å². The maximum absolute atomic E-state index is 12.1. The van der Waals surface area contributed by atoms with E-state index in [2.05, 4.69) is 13.8 Å². The van der Waals surface area contributed by atoms with Crippen LogP contribution in [0.5, 0.6) is 11.5 Å². The molecule has 0 aliphatic rings. The number of hydrogen-bond acceptors (Lipinski definition) is 2. The summed E-state index contributed by atoms with van der Waals surface area (Å²) in [6.45, 7) is 3.41. The molecule has 0 unspecified atom stereocenters. The summed E-state index contributed by atoms with van der Waals surface area (Å²) >= 11 is 0. The van der Waals surface area contributed by atoms with Crippen LogP contribution < -0.4 is 9.47 Å². The number of alkyl halides is 2. The molecule has 0 N–H and O–H groups in total. The molecular weight excluding hydrogens is 298 g/mol. The van der Waals surface area contributed by atoms with E-state index in [1.54, 1.807) is 0 Å². The Labute approximate surface area is 136 Å². The van der Waals surface area contributed by atoms with Crippen LogP contribution >= 0.6 is 0 Å². The van der Waals surface area contributed by atoms with Gasteiger partial charge >= 0.3 is 0 Å². The Balaban J connectivity index is 2.13. The van der Waals surface area contributed by atoms with Crippen LogP contribution in [0.1, 0.15) is 25.0 Å². The number of halogens is 2. The van der Waals surface area contributed by atoms with Gasteiger partial charge in [-0.05, 0) is 35.4 Å². The second-order valence-corrected chi connectivity index (χ2v) is 5.75. The summed E-state index contributed by atoms with van der Waals surface area (Å²) in [5.41, 5.74) is 2.06. The zero-order valence-corrected chi connectivity index (χ0v) is 13.5. The van der Waals surface area contributed by atoms with Gasteiger partial charge in [-0.3, -0.25) is 0 Å². The number of hydrogen-bond donors (Lipinski definition) is 0. The summed E-state index contributed by atoms with van der Waals surface area (Å²) in [4.78, 5) is 0. The highest BCUT2D eigenvalue weighted by Gasteiger charge is 2.23. The molecule has 4 heteroatoms. The molecule has 0 heterocycles. The first kappa shape index (κ1) is 17.3. The predicted octanol–water partition coefficient (Wildman–Crippen LogP) is 4.71. The van der Waals surface area contributed by atoms with Crippen LogP contribution in [0.2, 0.25) is 0 Å². The number of rotatable bonds is 8. The summed E-state index contributed by atoms with van der Waals surface area (Å²) in [5.74, 6) is 1.33. The average Bonchev–Trinajstić information content (AvgIpc) is 2.59. The van der Waals surface area contributed by atoms with E-state index >= 15 is 0 Å². The molecule has 0 saturated heterocycles. The molecule has 2 aromatic rings. The van der Waals surface area contributed by atoms with Crippen molar-refractivity contribution in [3.63, 3.8) is 0 Å². The Hall–Kier alpha value is -2.10. The molecule has 2 rings (SSSR count). The van der Waals surface area contributed by atoms with E-state index in [4.69, 9.17) is 9.47 Å². The van der Waals surface area contributed by atoms with Crippen molar-refractivity contribution >= 4 is 0 Å². The van der Waals surface area contributed by atoms with E-state index in [1.807, 2.05) is 48.5 Å². The minimum atomic E-state index is -0.496. The summed E-state index contributed by atoms with van der Waals surface area (Å²) in [6, 6.07) is 15.4. The molecule has 124 valence electrons. The predicted molar refractivity (Wildman–Crippen MR) is 88.0 cm³/mol. The third-order valence-corrected chi connectivity index (χ3v) is 3.84. The first-order valence-electron chi connectivity index (χ1n) is 7.66. The highest BCUT2D eigenvalue weighted by Crippen LogP contribution is 2.33. The lowest BCUT2D eigenvalue weighted by molar-refractivity contribution is 0.273. The van der Waals surface area contributed by atoms with E-state index in [0.717, 1.165) is 11.1 Å². The van der Waals surface area contributed by atoms with Crippen molar-refractivity contribution in [1.82, 2.24) is 0 Å². The van der Waals surface area contributed by atoms with Gasteiger partial charge in [0, 0.05) is 5.41 Å². The van der Waals surface area contributed by atoms with E-state index in [9.17, 15) is 8.78 Å². The van der Waals surface area contributed by atoms with Gasteiger partial charge in [-0.2, -0.15) is 0 Å². The molecule has 0 amide bonds. The quantitative estimate of drug-likeness (QED) is 0.701. The standard InChI is InChI=1S/C19H22F2O2/c1-19(2,15-3-7-17(8-4-15)22-13-11-20)16-5-9-18(10-6-16)23-14-12-21/h3-10H,11-14H2,1-2H3. The molecule has 0 aliphatic heterocycles. The van der Waals surface area contributed by atoms with E-state index in [-0.39, 0.29) is 18.6 Å². The second-order valence-electron chi connectivity index (χ2n) is 5.75. The van der Waals surface area contributed by atoms with Crippen molar-refractivity contribution in [1.29, 1.82) is 0 Å². The highest BCUT2D eigenvalue weighted by atomic mass is 19.1. The maximum Gasteiger partial charge on any atom is 0.123 e. The fourth-order valence-electron chi connectivity index (χ4n) is 2.42. The van der Waals surface area contributed by atoms with E-state index < -0.39 is 13.3 Å². The van der Waals surface area contributed by atoms with Crippen LogP contribution in [0.4, 0.5) is 8.78 Å². The van der Waals surface area contributed by atoms with Gasteiger partial charge in [-0.1, -0.05) is 38.1 Å². The maximum atomic E-state index is 12.1. The van der Waals surface area contributed by atoms with Gasteiger partial charge in [0.1, 0.15) is 38.1 Å². The van der Waals surface area contributed by atoms with Crippen LogP contribution in [0, 0.1) is 0 Å². The van der Waals surface area contributed by atoms with Gasteiger partial charge in [0.2, 0.25) is 0 Å². The Morgan fingerprint density at radius 3 is 1.35 bits per heavy atom. The summed E-state index contributed by atoms with van der Waals surface area (Å²) < 4.78 is 34.8. The van der Waals surface area contributed by atoms with Crippen molar-refractivity contribution in [2.45, 2.75) is 19.3 Å². The zero-order chi connectivity index (χ0) is 16.7. The van der Waals surface area contributed by atoms with Crippen LogP contribution in [0.3, 0.4) is 0 Å². The highest BCUT2D eigenvalue weighted by molar-refractivity contribution is 5.41. The molecular formula is C19H22F2O2. The fourth-order valence-corrected chi connectivity index (χ4v) is 2.42. The van der Waals surface area contributed by atoms with Crippen LogP contribution in [-0.4, -0.2) is 26.6 Å². The largest absolute Gasteiger partial charge is 0.491 e. The number of ether oxygens (including phenoxy) is 2. The molecule has 0 fully saturated rings. The SMILES string of the molecule is CC(C)(c1ccc(OCCF)cc1)c1ccc(OCCF)cc1. The van der Waals surface area contributed by atoms with Gasteiger partial charge in [-0.25, -0.2) is 8.78 Å². The Morgan fingerprint density at radius 1 is 0.696 bits per heavy atom. The second kappa shape index (κ2) is 7.95. The molecule has 0 saturated carbocycles. The van der Waals surface area contributed by atoms with Gasteiger partial charge < -0.3 is 9.47 Å². The molecule has 0 spiro atoms. The summed E-state index contributed by atoms with van der Waals surface area (Å²) in [5, 5.41) is 0. The Morgan fingerprint density at radius 2 is 1.04 bits per heavy atom. The molecule has 2 nitrogen and oxygen atoms in total. The van der Waals surface area contributed by atoms with Gasteiger partial charge in [0.15, 0.2) is 0 Å². The minimum Gasteiger partial charge on any atom is -0.491 e. The van der Waals surface area contributed by atoms with E-state index in [1.165, 1.54) is 0 Å². The van der Waals surface area contributed by atoms with Crippen molar-refractivity contribution in [2.24, 2.45) is 0 Å². The lowest BCUT2D eigenvalue weighted by Gasteiger charge is -2.26. The van der Waals surface area contributed by atoms with Gasteiger partial charge in [0.05, 0.1) is 0 Å². The van der Waals surface area contributed by atoms with Crippen molar-refractivity contribution in [3.05, 3.63) is 59.7 Å². The van der Waals surface area contributed by atoms with Crippen LogP contribution in [0.15, 0.2) is 48.5 Å². The van der Waals surface area contributed by atoms with Crippen molar-refractivity contribution < 1.29 is 18.3 Å². The molecule has 23 heavy (non-hydrogen) atoms. The van der Waals surface area contributed by atoms with Gasteiger partial charge in [-0.15, -0.1) is 0 Å². The minimum absolute atomic E-state index is 0.0725.